The zero-order chi connectivity index (χ0) is 22.8. The molecule has 32 heavy (non-hydrogen) atoms. The first-order chi connectivity index (χ1) is 15.3. The van der Waals surface area contributed by atoms with Crippen molar-refractivity contribution in [2.45, 2.75) is 32.2 Å². The number of aromatic amines is 1. The van der Waals surface area contributed by atoms with Gasteiger partial charge in [-0.05, 0) is 29.2 Å². The van der Waals surface area contributed by atoms with Gasteiger partial charge in [0.15, 0.2) is 11.6 Å². The van der Waals surface area contributed by atoms with Crippen LogP contribution in [0, 0.1) is 11.6 Å². The van der Waals surface area contributed by atoms with E-state index in [1.165, 1.54) is 12.1 Å². The second kappa shape index (κ2) is 8.90. The molecule has 166 valence electrons. The number of aromatic nitrogens is 2. The number of hydrogen-bond donors (Lipinski definition) is 2. The summed E-state index contributed by atoms with van der Waals surface area (Å²) in [4.78, 5) is 27.2. The summed E-state index contributed by atoms with van der Waals surface area (Å²) >= 11 is 0. The van der Waals surface area contributed by atoms with Gasteiger partial charge < -0.3 is 10.2 Å². The number of benzene rings is 2. The lowest BCUT2D eigenvalue weighted by atomic mass is 9.98. The van der Waals surface area contributed by atoms with Crippen LogP contribution in [0.1, 0.15) is 41.5 Å². The molecule has 2 heterocycles. The number of rotatable bonds is 5. The molecule has 1 fully saturated rings. The summed E-state index contributed by atoms with van der Waals surface area (Å²) in [5.41, 5.74) is 2.64. The standard InChI is InChI=1S/C24H24F2N4O2/c1-14(2)19-13-20(29-28-19)24(32)30-11-10-27-23(31)21(30)12-15-6-8-16(9-7-15)17-4-3-5-18(25)22(17)26/h3-9,13-14,21H,10-12H2,1-2H3,(H,27,31)(H,28,29)/t21-/m0/s1. The van der Waals surface area contributed by atoms with E-state index in [0.717, 1.165) is 17.3 Å². The monoisotopic (exact) mass is 438 g/mol. The molecule has 0 saturated carbocycles. The maximum atomic E-state index is 14.1. The predicted octanol–water partition coefficient (Wildman–Crippen LogP) is 3.66. The van der Waals surface area contributed by atoms with E-state index in [1.54, 1.807) is 35.2 Å². The predicted molar refractivity (Wildman–Crippen MR) is 116 cm³/mol. The first kappa shape index (κ1) is 21.7. The van der Waals surface area contributed by atoms with Gasteiger partial charge in [0.25, 0.3) is 5.91 Å². The largest absolute Gasteiger partial charge is 0.353 e. The average Bonchev–Trinajstić information content (AvgIpc) is 3.28. The van der Waals surface area contributed by atoms with Gasteiger partial charge in [-0.25, -0.2) is 8.78 Å². The molecule has 6 nitrogen and oxygen atoms in total. The van der Waals surface area contributed by atoms with Crippen molar-refractivity contribution < 1.29 is 18.4 Å². The second-order valence-corrected chi connectivity index (χ2v) is 8.17. The lowest BCUT2D eigenvalue weighted by molar-refractivity contribution is -0.127. The van der Waals surface area contributed by atoms with Crippen LogP contribution in [-0.2, 0) is 11.2 Å². The van der Waals surface area contributed by atoms with E-state index in [-0.39, 0.29) is 29.0 Å². The Morgan fingerprint density at radius 2 is 1.94 bits per heavy atom. The van der Waals surface area contributed by atoms with E-state index >= 15 is 0 Å². The molecule has 0 radical (unpaired) electrons. The molecule has 1 atom stereocenters. The molecule has 1 saturated heterocycles. The van der Waals surface area contributed by atoms with Crippen LogP contribution < -0.4 is 5.32 Å². The molecule has 0 spiro atoms. The SMILES string of the molecule is CC(C)c1cc(C(=O)N2CCNC(=O)[C@@H]2Cc2ccc(-c3cccc(F)c3F)cc2)n[nH]1. The third-order valence-electron chi connectivity index (χ3n) is 5.68. The zero-order valence-corrected chi connectivity index (χ0v) is 17.9. The minimum Gasteiger partial charge on any atom is -0.353 e. The first-order valence-corrected chi connectivity index (χ1v) is 10.5. The summed E-state index contributed by atoms with van der Waals surface area (Å²) in [7, 11) is 0. The Morgan fingerprint density at radius 3 is 2.62 bits per heavy atom. The maximum Gasteiger partial charge on any atom is 0.275 e. The van der Waals surface area contributed by atoms with E-state index in [4.69, 9.17) is 0 Å². The van der Waals surface area contributed by atoms with Gasteiger partial charge in [0.2, 0.25) is 5.91 Å². The summed E-state index contributed by atoms with van der Waals surface area (Å²) in [5.74, 6) is -2.14. The molecule has 8 heteroatoms. The Morgan fingerprint density at radius 1 is 1.19 bits per heavy atom. The van der Waals surface area contributed by atoms with E-state index < -0.39 is 17.7 Å². The van der Waals surface area contributed by atoms with Crippen molar-refractivity contribution in [3.8, 4) is 11.1 Å². The molecule has 2 aromatic carbocycles. The number of carbonyl (C=O) groups is 2. The molecule has 4 rings (SSSR count). The highest BCUT2D eigenvalue weighted by molar-refractivity contribution is 5.97. The van der Waals surface area contributed by atoms with Gasteiger partial charge >= 0.3 is 0 Å². The maximum absolute atomic E-state index is 14.1. The third kappa shape index (κ3) is 4.26. The van der Waals surface area contributed by atoms with Crippen LogP contribution >= 0.6 is 0 Å². The van der Waals surface area contributed by atoms with Crippen LogP contribution in [0.15, 0.2) is 48.5 Å². The topological polar surface area (TPSA) is 78.1 Å². The van der Waals surface area contributed by atoms with E-state index in [0.29, 0.717) is 25.1 Å². The Kier molecular flexibility index (Phi) is 6.03. The molecule has 0 unspecified atom stereocenters. The van der Waals surface area contributed by atoms with Gasteiger partial charge in [-0.3, -0.25) is 14.7 Å². The minimum atomic E-state index is -0.904. The Hall–Kier alpha value is -3.55. The Balaban J connectivity index is 1.54. The lowest BCUT2D eigenvalue weighted by Gasteiger charge is -2.34. The number of nitrogens with zero attached hydrogens (tertiary/aromatic N) is 2. The quantitative estimate of drug-likeness (QED) is 0.638. The molecular weight excluding hydrogens is 414 g/mol. The van der Waals surface area contributed by atoms with Gasteiger partial charge in [0.05, 0.1) is 0 Å². The van der Waals surface area contributed by atoms with Crippen molar-refractivity contribution in [1.82, 2.24) is 20.4 Å². The normalized spacial score (nSPS) is 16.3. The Bertz CT molecular complexity index is 1140. The smallest absolute Gasteiger partial charge is 0.275 e. The molecule has 1 aromatic heterocycles. The number of H-pyrrole nitrogens is 1. The molecule has 1 aliphatic heterocycles. The van der Waals surface area contributed by atoms with Crippen molar-refractivity contribution in [1.29, 1.82) is 0 Å². The highest BCUT2D eigenvalue weighted by atomic mass is 19.2. The summed E-state index contributed by atoms with van der Waals surface area (Å²) in [6, 6.07) is 12.0. The molecule has 0 aliphatic carbocycles. The van der Waals surface area contributed by atoms with E-state index in [1.807, 2.05) is 13.8 Å². The zero-order valence-electron chi connectivity index (χ0n) is 17.9. The Labute approximate surface area is 184 Å². The van der Waals surface area contributed by atoms with Crippen LogP contribution in [0.2, 0.25) is 0 Å². The number of nitrogens with one attached hydrogen (secondary N) is 2. The van der Waals surface area contributed by atoms with Crippen LogP contribution in [0.4, 0.5) is 8.78 Å². The molecule has 2 N–H and O–H groups in total. The summed E-state index contributed by atoms with van der Waals surface area (Å²) in [6.07, 6.45) is 0.297. The highest BCUT2D eigenvalue weighted by Crippen LogP contribution is 2.25. The van der Waals surface area contributed by atoms with Gasteiger partial charge in [-0.1, -0.05) is 50.2 Å². The fourth-order valence-electron chi connectivity index (χ4n) is 3.82. The van der Waals surface area contributed by atoms with Crippen LogP contribution in [-0.4, -0.2) is 46.0 Å². The number of halogens is 2. The van der Waals surface area contributed by atoms with Crippen molar-refractivity contribution in [2.24, 2.45) is 0 Å². The van der Waals surface area contributed by atoms with Crippen molar-refractivity contribution in [3.63, 3.8) is 0 Å². The van der Waals surface area contributed by atoms with Crippen molar-refractivity contribution in [2.75, 3.05) is 13.1 Å². The van der Waals surface area contributed by atoms with Crippen LogP contribution in [0.5, 0.6) is 0 Å². The van der Waals surface area contributed by atoms with Gasteiger partial charge in [-0.15, -0.1) is 0 Å². The summed E-state index contributed by atoms with van der Waals surface area (Å²) < 4.78 is 27.6. The third-order valence-corrected chi connectivity index (χ3v) is 5.68. The van der Waals surface area contributed by atoms with E-state index in [2.05, 4.69) is 15.5 Å². The minimum absolute atomic E-state index is 0.170. The molecule has 2 amide bonds. The average molecular weight is 438 g/mol. The molecule has 3 aromatic rings. The van der Waals surface area contributed by atoms with Crippen LogP contribution in [0.25, 0.3) is 11.1 Å². The lowest BCUT2D eigenvalue weighted by Crippen LogP contribution is -2.58. The van der Waals surface area contributed by atoms with E-state index in [9.17, 15) is 18.4 Å². The summed E-state index contributed by atoms with van der Waals surface area (Å²) in [5, 5.41) is 9.81. The van der Waals surface area contributed by atoms with Gasteiger partial charge in [-0.2, -0.15) is 5.10 Å². The fourth-order valence-corrected chi connectivity index (χ4v) is 3.82. The molecule has 1 aliphatic rings. The summed E-state index contributed by atoms with van der Waals surface area (Å²) in [6.45, 7) is 4.75. The number of carbonyl (C=O) groups excluding carboxylic acids is 2. The fraction of sp³-hybridized carbons (Fsp3) is 0.292. The van der Waals surface area contributed by atoms with Gasteiger partial charge in [0, 0.05) is 30.8 Å². The molecular formula is C24H24F2N4O2. The second-order valence-electron chi connectivity index (χ2n) is 8.17. The molecule has 0 bridgehead atoms. The number of amides is 2. The van der Waals surface area contributed by atoms with Gasteiger partial charge in [0.1, 0.15) is 11.7 Å². The first-order valence-electron chi connectivity index (χ1n) is 10.5. The van der Waals surface area contributed by atoms with Crippen LogP contribution in [0.3, 0.4) is 0 Å². The number of piperazine rings is 1. The van der Waals surface area contributed by atoms with Crippen molar-refractivity contribution in [3.05, 3.63) is 77.1 Å². The van der Waals surface area contributed by atoms with Crippen molar-refractivity contribution >= 4 is 11.8 Å². The number of hydrogen-bond acceptors (Lipinski definition) is 3. The highest BCUT2D eigenvalue weighted by Gasteiger charge is 2.34.